The van der Waals surface area contributed by atoms with Crippen molar-refractivity contribution in [2.45, 2.75) is 25.0 Å². The normalized spacial score (nSPS) is 14.8. The van der Waals surface area contributed by atoms with Crippen molar-refractivity contribution in [1.82, 2.24) is 0 Å². The Morgan fingerprint density at radius 2 is 1.59 bits per heavy atom. The van der Waals surface area contributed by atoms with Crippen LogP contribution in [0.3, 0.4) is 0 Å². The Hall–Kier alpha value is -1.71. The molecule has 0 spiro atoms. The van der Waals surface area contributed by atoms with Crippen molar-refractivity contribution in [1.29, 1.82) is 0 Å². The molecule has 9 nitrogen and oxygen atoms in total. The fourth-order valence-electron chi connectivity index (χ4n) is 0.448. The first-order valence-electron chi connectivity index (χ1n) is 4.24. The van der Waals surface area contributed by atoms with Gasteiger partial charge in [0, 0.05) is 0 Å². The second kappa shape index (κ2) is 7.54. The number of carbonyl (C=O) groups is 3. The number of rotatable bonds is 5. The number of hydrogen-bond donors (Lipinski definition) is 6. The van der Waals surface area contributed by atoms with E-state index in [-0.39, 0.29) is 0 Å². The Morgan fingerprint density at radius 3 is 1.65 bits per heavy atom. The van der Waals surface area contributed by atoms with Gasteiger partial charge < -0.3 is 30.6 Å². The monoisotopic (exact) mass is 254 g/mol. The molecule has 0 amide bonds. The molecule has 100 valence electrons. The summed E-state index contributed by atoms with van der Waals surface area (Å²) in [6.07, 6.45) is -2.41. The lowest BCUT2D eigenvalue weighted by Crippen LogP contribution is -2.37. The van der Waals surface area contributed by atoms with Crippen LogP contribution in [0.2, 0.25) is 0 Å². The standard InChI is InChI=1S/C5H8O5.C3H6O4/c1-5(10,4(8)9)2-3(6)7;4-1-2(5)3(6)7/h10H,2H2,1H3,(H,6,7)(H,8,9);2,4-5H,1H2,(H,6,7). The zero-order valence-corrected chi connectivity index (χ0v) is 8.90. The Balaban J connectivity index is 0. The highest BCUT2D eigenvalue weighted by atomic mass is 16.4. The fraction of sp³-hybridized carbons (Fsp3) is 0.625. The van der Waals surface area contributed by atoms with E-state index in [1.807, 2.05) is 0 Å². The summed E-state index contributed by atoms with van der Waals surface area (Å²) in [5, 5.41) is 48.8. The number of aliphatic hydroxyl groups is 3. The summed E-state index contributed by atoms with van der Waals surface area (Å²) in [4.78, 5) is 29.5. The third-order valence-electron chi connectivity index (χ3n) is 1.41. The Bertz CT molecular complexity index is 283. The van der Waals surface area contributed by atoms with E-state index in [2.05, 4.69) is 0 Å². The largest absolute Gasteiger partial charge is 0.481 e. The number of carboxylic acid groups (broad SMARTS) is 3. The summed E-state index contributed by atoms with van der Waals surface area (Å²) in [7, 11) is 0. The second-order valence-electron chi connectivity index (χ2n) is 3.19. The van der Waals surface area contributed by atoms with Crippen LogP contribution in [0.25, 0.3) is 0 Å². The molecule has 0 bridgehead atoms. The molecule has 0 aromatic heterocycles. The van der Waals surface area contributed by atoms with Gasteiger partial charge in [0.1, 0.15) is 0 Å². The molecule has 0 aliphatic carbocycles. The summed E-state index contributed by atoms with van der Waals surface area (Å²) in [5.74, 6) is -4.27. The number of aliphatic carboxylic acids is 3. The van der Waals surface area contributed by atoms with Crippen molar-refractivity contribution in [2.75, 3.05) is 6.61 Å². The number of aliphatic hydroxyl groups excluding tert-OH is 2. The van der Waals surface area contributed by atoms with Gasteiger partial charge in [-0.1, -0.05) is 0 Å². The van der Waals surface area contributed by atoms with Gasteiger partial charge in [-0.25, -0.2) is 9.59 Å². The van der Waals surface area contributed by atoms with Crippen molar-refractivity contribution >= 4 is 17.9 Å². The SMILES string of the molecule is CC(O)(CC(=O)O)C(=O)O.O=C(O)C(O)CO. The van der Waals surface area contributed by atoms with E-state index in [1.54, 1.807) is 0 Å². The smallest absolute Gasteiger partial charge is 0.335 e. The van der Waals surface area contributed by atoms with Crippen LogP contribution in [0.1, 0.15) is 13.3 Å². The van der Waals surface area contributed by atoms with Gasteiger partial charge in [-0.05, 0) is 6.92 Å². The maximum atomic E-state index is 10.0. The molecular formula is C8H14O9. The van der Waals surface area contributed by atoms with Crippen molar-refractivity contribution in [2.24, 2.45) is 0 Å². The van der Waals surface area contributed by atoms with Crippen LogP contribution in [-0.2, 0) is 14.4 Å². The van der Waals surface area contributed by atoms with Gasteiger partial charge in [-0.3, -0.25) is 4.79 Å². The average molecular weight is 254 g/mol. The predicted molar refractivity (Wildman–Crippen MR) is 51.2 cm³/mol. The first kappa shape index (κ1) is 17.7. The molecule has 0 aliphatic heterocycles. The minimum absolute atomic E-state index is 0.727. The lowest BCUT2D eigenvalue weighted by molar-refractivity contribution is -0.163. The van der Waals surface area contributed by atoms with Crippen LogP contribution in [-0.4, -0.2) is 66.9 Å². The van der Waals surface area contributed by atoms with Crippen molar-refractivity contribution in [3.8, 4) is 0 Å². The van der Waals surface area contributed by atoms with E-state index in [0.29, 0.717) is 0 Å². The average Bonchev–Trinajstić information content (AvgIpc) is 2.15. The minimum Gasteiger partial charge on any atom is -0.481 e. The third kappa shape index (κ3) is 9.23. The van der Waals surface area contributed by atoms with Gasteiger partial charge in [0.05, 0.1) is 13.0 Å². The van der Waals surface area contributed by atoms with Crippen molar-refractivity contribution in [3.05, 3.63) is 0 Å². The molecule has 0 saturated carbocycles. The molecule has 0 rings (SSSR count). The third-order valence-corrected chi connectivity index (χ3v) is 1.41. The van der Waals surface area contributed by atoms with Crippen LogP contribution in [0.5, 0.6) is 0 Å². The van der Waals surface area contributed by atoms with Crippen molar-refractivity contribution < 1.29 is 45.0 Å². The molecule has 0 aromatic carbocycles. The Labute approximate surface area is 95.5 Å². The van der Waals surface area contributed by atoms with E-state index in [0.717, 1.165) is 6.92 Å². The molecule has 0 fully saturated rings. The summed E-state index contributed by atoms with van der Waals surface area (Å²) >= 11 is 0. The van der Waals surface area contributed by atoms with Crippen LogP contribution in [0.4, 0.5) is 0 Å². The van der Waals surface area contributed by atoms with Crippen LogP contribution < -0.4 is 0 Å². The quantitative estimate of drug-likeness (QED) is 0.316. The van der Waals surface area contributed by atoms with E-state index in [4.69, 9.17) is 30.6 Å². The Morgan fingerprint density at radius 1 is 1.18 bits per heavy atom. The van der Waals surface area contributed by atoms with Gasteiger partial charge in [0.25, 0.3) is 0 Å². The van der Waals surface area contributed by atoms with Crippen LogP contribution in [0.15, 0.2) is 0 Å². The molecular weight excluding hydrogens is 240 g/mol. The summed E-state index contributed by atoms with van der Waals surface area (Å²) in [6, 6.07) is 0. The second-order valence-corrected chi connectivity index (χ2v) is 3.19. The summed E-state index contributed by atoms with van der Waals surface area (Å²) in [6.45, 7) is 0.207. The topological polar surface area (TPSA) is 173 Å². The first-order chi connectivity index (χ1) is 7.54. The van der Waals surface area contributed by atoms with Gasteiger partial charge >= 0.3 is 17.9 Å². The van der Waals surface area contributed by atoms with E-state index in [9.17, 15) is 14.4 Å². The molecule has 9 heteroatoms. The number of hydrogen-bond acceptors (Lipinski definition) is 6. The van der Waals surface area contributed by atoms with Gasteiger partial charge in [0.2, 0.25) is 0 Å². The fourth-order valence-corrected chi connectivity index (χ4v) is 0.448. The van der Waals surface area contributed by atoms with Gasteiger partial charge in [-0.15, -0.1) is 0 Å². The van der Waals surface area contributed by atoms with E-state index < -0.39 is 42.6 Å². The molecule has 0 radical (unpaired) electrons. The maximum Gasteiger partial charge on any atom is 0.335 e. The summed E-state index contributed by atoms with van der Waals surface area (Å²) < 4.78 is 0. The number of carboxylic acids is 3. The zero-order valence-electron chi connectivity index (χ0n) is 8.90. The maximum absolute atomic E-state index is 10.0. The van der Waals surface area contributed by atoms with Crippen LogP contribution in [0, 0.1) is 0 Å². The van der Waals surface area contributed by atoms with Crippen LogP contribution >= 0.6 is 0 Å². The zero-order chi connectivity index (χ0) is 14.2. The van der Waals surface area contributed by atoms with E-state index in [1.165, 1.54) is 0 Å². The van der Waals surface area contributed by atoms with Crippen molar-refractivity contribution in [3.63, 3.8) is 0 Å². The highest BCUT2D eigenvalue weighted by molar-refractivity contribution is 5.83. The Kier molecular flexibility index (Phi) is 7.85. The lowest BCUT2D eigenvalue weighted by Gasteiger charge is -2.13. The molecule has 0 aliphatic rings. The molecule has 0 aromatic rings. The molecule has 2 atom stereocenters. The van der Waals surface area contributed by atoms with E-state index >= 15 is 0 Å². The molecule has 2 unspecified atom stereocenters. The minimum atomic E-state index is -2.16. The lowest BCUT2D eigenvalue weighted by atomic mass is 10.0. The molecule has 0 saturated heterocycles. The van der Waals surface area contributed by atoms with Gasteiger partial charge in [-0.2, -0.15) is 0 Å². The first-order valence-corrected chi connectivity index (χ1v) is 4.24. The molecule has 0 heterocycles. The highest BCUT2D eigenvalue weighted by Crippen LogP contribution is 2.08. The molecule has 17 heavy (non-hydrogen) atoms. The highest BCUT2D eigenvalue weighted by Gasteiger charge is 2.32. The summed E-state index contributed by atoms with van der Waals surface area (Å²) in [5.41, 5.74) is -2.16. The predicted octanol–water partition coefficient (Wildman–Crippen LogP) is -2.28. The molecule has 6 N–H and O–H groups in total. The van der Waals surface area contributed by atoms with Gasteiger partial charge in [0.15, 0.2) is 11.7 Å².